The molecule has 7 heteroatoms. The zero-order valence-electron chi connectivity index (χ0n) is 17.0. The van der Waals surface area contributed by atoms with Crippen LogP contribution in [0.5, 0.6) is 5.75 Å². The standard InChI is InChI=1S/C23H25Cl2N3O2/c1-30-18-9-6-16(7-10-18)22-15-20(23(29)27-12-4-2-3-5-13-27)26-28(22)21-11-8-17(24)14-19(21)25/h6-11,14,22H,2-5,12-13,15H2,1H3. The summed E-state index contributed by atoms with van der Waals surface area (Å²) in [6, 6.07) is 13.1. The lowest BCUT2D eigenvalue weighted by Gasteiger charge is -2.25. The molecular formula is C23H25Cl2N3O2. The van der Waals surface area contributed by atoms with Crippen LogP contribution < -0.4 is 9.75 Å². The van der Waals surface area contributed by atoms with Crippen LogP contribution in [0, 0.1) is 0 Å². The molecule has 5 nitrogen and oxygen atoms in total. The molecule has 2 heterocycles. The van der Waals surface area contributed by atoms with Gasteiger partial charge in [-0.1, -0.05) is 48.2 Å². The van der Waals surface area contributed by atoms with E-state index >= 15 is 0 Å². The minimum absolute atomic E-state index is 0.0306. The van der Waals surface area contributed by atoms with Gasteiger partial charge in [-0.2, -0.15) is 5.10 Å². The number of hydrogen-bond acceptors (Lipinski definition) is 4. The Morgan fingerprint density at radius 2 is 1.73 bits per heavy atom. The second-order valence-electron chi connectivity index (χ2n) is 7.69. The minimum Gasteiger partial charge on any atom is -0.497 e. The smallest absolute Gasteiger partial charge is 0.270 e. The molecule has 2 aromatic carbocycles. The van der Waals surface area contributed by atoms with Gasteiger partial charge in [0.2, 0.25) is 0 Å². The highest BCUT2D eigenvalue weighted by atomic mass is 35.5. The zero-order chi connectivity index (χ0) is 21.1. The number of carbonyl (C=O) groups is 1. The van der Waals surface area contributed by atoms with Crippen LogP contribution in [0.3, 0.4) is 0 Å². The largest absolute Gasteiger partial charge is 0.497 e. The van der Waals surface area contributed by atoms with Crippen molar-refractivity contribution in [3.05, 3.63) is 58.1 Å². The van der Waals surface area contributed by atoms with Gasteiger partial charge in [-0.05, 0) is 48.7 Å². The first-order valence-corrected chi connectivity index (χ1v) is 11.1. The molecule has 4 rings (SSSR count). The number of hydrazone groups is 1. The van der Waals surface area contributed by atoms with Crippen LogP contribution in [0.2, 0.25) is 10.0 Å². The second-order valence-corrected chi connectivity index (χ2v) is 8.53. The lowest BCUT2D eigenvalue weighted by Crippen LogP contribution is -2.36. The number of anilines is 1. The van der Waals surface area contributed by atoms with Crippen LogP contribution in [-0.2, 0) is 4.79 Å². The molecule has 0 radical (unpaired) electrons. The maximum Gasteiger partial charge on any atom is 0.270 e. The van der Waals surface area contributed by atoms with Gasteiger partial charge in [0, 0.05) is 24.5 Å². The molecule has 0 aromatic heterocycles. The molecule has 0 saturated carbocycles. The summed E-state index contributed by atoms with van der Waals surface area (Å²) in [4.78, 5) is 15.2. The summed E-state index contributed by atoms with van der Waals surface area (Å²) in [7, 11) is 1.64. The first kappa shape index (κ1) is 21.0. The van der Waals surface area contributed by atoms with E-state index in [1.807, 2.05) is 40.2 Å². The summed E-state index contributed by atoms with van der Waals surface area (Å²) in [5.74, 6) is 0.817. The maximum absolute atomic E-state index is 13.2. The van der Waals surface area contributed by atoms with Crippen LogP contribution in [0.15, 0.2) is 47.6 Å². The number of benzene rings is 2. The predicted octanol–water partition coefficient (Wildman–Crippen LogP) is 5.71. The van der Waals surface area contributed by atoms with E-state index < -0.39 is 0 Å². The maximum atomic E-state index is 13.2. The average Bonchev–Trinajstić information content (AvgIpc) is 3.00. The third-order valence-corrected chi connectivity index (χ3v) is 6.25. The third kappa shape index (κ3) is 4.42. The molecule has 1 amide bonds. The summed E-state index contributed by atoms with van der Waals surface area (Å²) in [6.07, 6.45) is 4.98. The Bertz CT molecular complexity index is 938. The van der Waals surface area contributed by atoms with Crippen LogP contribution >= 0.6 is 23.2 Å². The fraction of sp³-hybridized carbons (Fsp3) is 0.391. The van der Waals surface area contributed by atoms with Gasteiger partial charge in [0.05, 0.1) is 23.9 Å². The van der Waals surface area contributed by atoms with Gasteiger partial charge in [-0.3, -0.25) is 9.80 Å². The van der Waals surface area contributed by atoms with Crippen molar-refractivity contribution in [3.63, 3.8) is 0 Å². The van der Waals surface area contributed by atoms with Crippen molar-refractivity contribution in [1.29, 1.82) is 0 Å². The molecule has 0 aliphatic carbocycles. The SMILES string of the molecule is COc1ccc(C2CC(C(=O)N3CCCCCC3)=NN2c2ccc(Cl)cc2Cl)cc1. The number of methoxy groups -OCH3 is 1. The monoisotopic (exact) mass is 445 g/mol. The molecule has 2 aliphatic rings. The predicted molar refractivity (Wildman–Crippen MR) is 122 cm³/mol. The fourth-order valence-corrected chi connectivity index (χ4v) is 4.57. The Labute approximate surface area is 187 Å². The summed E-state index contributed by atoms with van der Waals surface area (Å²) >= 11 is 12.6. The van der Waals surface area contributed by atoms with Crippen LogP contribution in [-0.4, -0.2) is 36.7 Å². The topological polar surface area (TPSA) is 45.1 Å². The molecule has 2 aliphatic heterocycles. The molecule has 1 saturated heterocycles. The Kier molecular flexibility index (Phi) is 6.49. The Hall–Kier alpha value is -2.24. The van der Waals surface area contributed by atoms with Crippen molar-refractivity contribution >= 4 is 40.5 Å². The van der Waals surface area contributed by atoms with Gasteiger partial charge in [0.15, 0.2) is 0 Å². The number of likely N-dealkylation sites (tertiary alicyclic amines) is 1. The number of halogens is 2. The number of amides is 1. The summed E-state index contributed by atoms with van der Waals surface area (Å²) in [6.45, 7) is 1.60. The number of rotatable bonds is 4. The Balaban J connectivity index is 1.67. The van der Waals surface area contributed by atoms with Gasteiger partial charge in [-0.25, -0.2) is 0 Å². The number of nitrogens with zero attached hydrogens (tertiary/aromatic N) is 3. The van der Waals surface area contributed by atoms with Gasteiger partial charge < -0.3 is 9.64 Å². The zero-order valence-corrected chi connectivity index (χ0v) is 18.5. The minimum atomic E-state index is -0.125. The normalized spacial score (nSPS) is 19.4. The molecule has 0 spiro atoms. The number of ether oxygens (including phenoxy) is 1. The Morgan fingerprint density at radius 3 is 2.37 bits per heavy atom. The quantitative estimate of drug-likeness (QED) is 0.604. The highest BCUT2D eigenvalue weighted by Gasteiger charge is 2.35. The molecule has 158 valence electrons. The molecule has 1 unspecified atom stereocenters. The van der Waals surface area contributed by atoms with Gasteiger partial charge in [-0.15, -0.1) is 0 Å². The first-order chi connectivity index (χ1) is 14.6. The molecule has 0 N–H and O–H groups in total. The molecule has 1 atom stereocenters. The number of hydrogen-bond donors (Lipinski definition) is 0. The van der Waals surface area contributed by atoms with Crippen molar-refractivity contribution in [3.8, 4) is 5.75 Å². The van der Waals surface area contributed by atoms with Crippen molar-refractivity contribution in [1.82, 2.24) is 4.90 Å². The molecular weight excluding hydrogens is 421 g/mol. The lowest BCUT2D eigenvalue weighted by atomic mass is 10.0. The van der Waals surface area contributed by atoms with Crippen molar-refractivity contribution < 1.29 is 9.53 Å². The van der Waals surface area contributed by atoms with E-state index in [0.717, 1.165) is 42.9 Å². The first-order valence-electron chi connectivity index (χ1n) is 10.3. The number of carbonyl (C=O) groups excluding carboxylic acids is 1. The second kappa shape index (κ2) is 9.27. The average molecular weight is 446 g/mol. The van der Waals surface area contributed by atoms with E-state index in [1.54, 1.807) is 19.2 Å². The van der Waals surface area contributed by atoms with Gasteiger partial charge in [0.25, 0.3) is 5.91 Å². The van der Waals surface area contributed by atoms with Crippen molar-refractivity contribution in [2.45, 2.75) is 38.1 Å². The highest BCUT2D eigenvalue weighted by molar-refractivity contribution is 6.40. The van der Waals surface area contributed by atoms with Crippen LogP contribution in [0.1, 0.15) is 43.7 Å². The van der Waals surface area contributed by atoms with E-state index in [2.05, 4.69) is 0 Å². The summed E-state index contributed by atoms with van der Waals surface area (Å²) < 4.78 is 5.29. The van der Waals surface area contributed by atoms with E-state index in [1.165, 1.54) is 12.8 Å². The molecule has 2 aromatic rings. The van der Waals surface area contributed by atoms with Crippen LogP contribution in [0.4, 0.5) is 5.69 Å². The van der Waals surface area contributed by atoms with E-state index in [-0.39, 0.29) is 11.9 Å². The third-order valence-electron chi connectivity index (χ3n) is 5.71. The van der Waals surface area contributed by atoms with E-state index in [0.29, 0.717) is 22.2 Å². The van der Waals surface area contributed by atoms with Crippen LogP contribution in [0.25, 0.3) is 0 Å². The van der Waals surface area contributed by atoms with Crippen molar-refractivity contribution in [2.75, 3.05) is 25.2 Å². The van der Waals surface area contributed by atoms with Crippen molar-refractivity contribution in [2.24, 2.45) is 5.10 Å². The van der Waals surface area contributed by atoms with Gasteiger partial charge in [0.1, 0.15) is 11.5 Å². The lowest BCUT2D eigenvalue weighted by molar-refractivity contribution is -0.124. The van der Waals surface area contributed by atoms with Gasteiger partial charge >= 0.3 is 0 Å². The highest BCUT2D eigenvalue weighted by Crippen LogP contribution is 2.40. The van der Waals surface area contributed by atoms with E-state index in [9.17, 15) is 4.79 Å². The Morgan fingerprint density at radius 1 is 1.03 bits per heavy atom. The fourth-order valence-electron chi connectivity index (χ4n) is 4.07. The molecule has 1 fully saturated rings. The summed E-state index contributed by atoms with van der Waals surface area (Å²) in [5.41, 5.74) is 2.36. The molecule has 0 bridgehead atoms. The summed E-state index contributed by atoms with van der Waals surface area (Å²) in [5, 5.41) is 7.68. The molecule has 30 heavy (non-hydrogen) atoms. The van der Waals surface area contributed by atoms with E-state index in [4.69, 9.17) is 33.0 Å².